The molecule has 0 amide bonds. The van der Waals surface area contributed by atoms with Crippen LogP contribution in [0.3, 0.4) is 0 Å². The van der Waals surface area contributed by atoms with Crippen molar-refractivity contribution in [1.29, 1.82) is 0 Å². The van der Waals surface area contributed by atoms with Gasteiger partial charge in [-0.25, -0.2) is 0 Å². The summed E-state index contributed by atoms with van der Waals surface area (Å²) in [6.07, 6.45) is 5.06. The van der Waals surface area contributed by atoms with Crippen molar-refractivity contribution in [1.82, 2.24) is 0 Å². The number of rotatable bonds is 8. The standard InChI is InChI=1S/C11H24O2/c1-5-6-7-8-11(2,9-12-3)10-13-4/h5-10H2,1-4H3. The molecule has 0 N–H and O–H groups in total. The third kappa shape index (κ3) is 6.05. The fourth-order valence-electron chi connectivity index (χ4n) is 1.68. The Kier molecular flexibility index (Phi) is 7.29. The highest BCUT2D eigenvalue weighted by Crippen LogP contribution is 2.25. The molecule has 0 rings (SSSR count). The van der Waals surface area contributed by atoms with E-state index < -0.39 is 0 Å². The summed E-state index contributed by atoms with van der Waals surface area (Å²) in [6, 6.07) is 0. The van der Waals surface area contributed by atoms with Crippen molar-refractivity contribution in [3.63, 3.8) is 0 Å². The van der Waals surface area contributed by atoms with Crippen LogP contribution in [0.4, 0.5) is 0 Å². The Morgan fingerprint density at radius 2 is 1.54 bits per heavy atom. The lowest BCUT2D eigenvalue weighted by Gasteiger charge is -2.27. The van der Waals surface area contributed by atoms with Gasteiger partial charge in [0.1, 0.15) is 0 Å². The maximum Gasteiger partial charge on any atom is 0.0538 e. The molecule has 0 aromatic carbocycles. The van der Waals surface area contributed by atoms with Crippen LogP contribution in [0.5, 0.6) is 0 Å². The number of ether oxygens (including phenoxy) is 2. The first kappa shape index (κ1) is 12.9. The second-order valence-electron chi connectivity index (χ2n) is 4.13. The summed E-state index contributed by atoms with van der Waals surface area (Å²) in [7, 11) is 3.52. The maximum absolute atomic E-state index is 5.21. The molecule has 0 spiro atoms. The fourth-order valence-corrected chi connectivity index (χ4v) is 1.68. The van der Waals surface area contributed by atoms with Crippen molar-refractivity contribution in [2.24, 2.45) is 5.41 Å². The first-order valence-corrected chi connectivity index (χ1v) is 5.16. The lowest BCUT2D eigenvalue weighted by molar-refractivity contribution is 0.0152. The minimum Gasteiger partial charge on any atom is -0.384 e. The average molecular weight is 188 g/mol. The predicted molar refractivity (Wildman–Crippen MR) is 56.0 cm³/mol. The highest BCUT2D eigenvalue weighted by Gasteiger charge is 2.23. The van der Waals surface area contributed by atoms with E-state index in [1.54, 1.807) is 14.2 Å². The van der Waals surface area contributed by atoms with Crippen molar-refractivity contribution in [3.8, 4) is 0 Å². The number of hydrogen-bond acceptors (Lipinski definition) is 2. The van der Waals surface area contributed by atoms with Crippen molar-refractivity contribution in [2.45, 2.75) is 39.5 Å². The number of hydrogen-bond donors (Lipinski definition) is 0. The number of unbranched alkanes of at least 4 members (excludes halogenated alkanes) is 2. The van der Waals surface area contributed by atoms with Crippen molar-refractivity contribution in [3.05, 3.63) is 0 Å². The van der Waals surface area contributed by atoms with Gasteiger partial charge in [-0.05, 0) is 6.42 Å². The summed E-state index contributed by atoms with van der Waals surface area (Å²) in [4.78, 5) is 0. The van der Waals surface area contributed by atoms with Gasteiger partial charge in [0.2, 0.25) is 0 Å². The minimum atomic E-state index is 0.207. The second-order valence-corrected chi connectivity index (χ2v) is 4.13. The van der Waals surface area contributed by atoms with Crippen LogP contribution in [0.1, 0.15) is 39.5 Å². The molecule has 0 atom stereocenters. The maximum atomic E-state index is 5.21. The van der Waals surface area contributed by atoms with E-state index in [2.05, 4.69) is 13.8 Å². The van der Waals surface area contributed by atoms with E-state index >= 15 is 0 Å². The average Bonchev–Trinajstić information content (AvgIpc) is 2.05. The van der Waals surface area contributed by atoms with E-state index in [9.17, 15) is 0 Å². The minimum absolute atomic E-state index is 0.207. The predicted octanol–water partition coefficient (Wildman–Crippen LogP) is 2.87. The summed E-state index contributed by atoms with van der Waals surface area (Å²) >= 11 is 0. The monoisotopic (exact) mass is 188 g/mol. The molecule has 0 radical (unpaired) electrons. The Labute approximate surface area is 82.6 Å². The van der Waals surface area contributed by atoms with Crippen LogP contribution in [0.2, 0.25) is 0 Å². The molecule has 2 nitrogen and oxygen atoms in total. The molecule has 0 heterocycles. The SMILES string of the molecule is CCCCCC(C)(COC)COC. The molecule has 80 valence electrons. The molecule has 0 saturated carbocycles. The quantitative estimate of drug-likeness (QED) is 0.545. The van der Waals surface area contributed by atoms with Gasteiger partial charge in [-0.3, -0.25) is 0 Å². The summed E-state index contributed by atoms with van der Waals surface area (Å²) in [5.74, 6) is 0. The molecule has 0 fully saturated rings. The topological polar surface area (TPSA) is 18.5 Å². The highest BCUT2D eigenvalue weighted by atomic mass is 16.5. The van der Waals surface area contributed by atoms with E-state index in [-0.39, 0.29) is 5.41 Å². The van der Waals surface area contributed by atoms with Gasteiger partial charge in [-0.2, -0.15) is 0 Å². The fraction of sp³-hybridized carbons (Fsp3) is 1.00. The van der Waals surface area contributed by atoms with E-state index in [0.29, 0.717) is 0 Å². The summed E-state index contributed by atoms with van der Waals surface area (Å²) < 4.78 is 10.4. The van der Waals surface area contributed by atoms with Gasteiger partial charge >= 0.3 is 0 Å². The zero-order valence-electron chi connectivity index (χ0n) is 9.56. The van der Waals surface area contributed by atoms with Crippen LogP contribution in [-0.2, 0) is 9.47 Å². The van der Waals surface area contributed by atoms with Crippen molar-refractivity contribution >= 4 is 0 Å². The van der Waals surface area contributed by atoms with Crippen LogP contribution >= 0.6 is 0 Å². The van der Waals surface area contributed by atoms with Gasteiger partial charge in [0, 0.05) is 19.6 Å². The molecule has 0 aliphatic carbocycles. The molecule has 0 aromatic heterocycles. The Hall–Kier alpha value is -0.0800. The van der Waals surface area contributed by atoms with Gasteiger partial charge in [0.15, 0.2) is 0 Å². The van der Waals surface area contributed by atoms with Crippen LogP contribution in [0.15, 0.2) is 0 Å². The normalized spacial score (nSPS) is 12.0. The van der Waals surface area contributed by atoms with Gasteiger partial charge in [0.05, 0.1) is 13.2 Å². The lowest BCUT2D eigenvalue weighted by atomic mass is 9.86. The van der Waals surface area contributed by atoms with Crippen molar-refractivity contribution in [2.75, 3.05) is 27.4 Å². The Balaban J connectivity index is 3.76. The third-order valence-corrected chi connectivity index (χ3v) is 2.37. The van der Waals surface area contributed by atoms with E-state index in [1.165, 1.54) is 25.7 Å². The van der Waals surface area contributed by atoms with Crippen LogP contribution in [0, 0.1) is 5.41 Å². The first-order chi connectivity index (χ1) is 6.18. The molecule has 0 saturated heterocycles. The Morgan fingerprint density at radius 1 is 1.00 bits per heavy atom. The van der Waals surface area contributed by atoms with E-state index in [0.717, 1.165) is 13.2 Å². The van der Waals surface area contributed by atoms with E-state index in [1.807, 2.05) is 0 Å². The van der Waals surface area contributed by atoms with Crippen LogP contribution in [0.25, 0.3) is 0 Å². The molecule has 2 heteroatoms. The summed E-state index contributed by atoms with van der Waals surface area (Å²) in [5.41, 5.74) is 0.207. The molecule has 0 unspecified atom stereocenters. The Morgan fingerprint density at radius 3 is 1.92 bits per heavy atom. The third-order valence-electron chi connectivity index (χ3n) is 2.37. The molecule has 0 aliphatic heterocycles. The van der Waals surface area contributed by atoms with Crippen LogP contribution < -0.4 is 0 Å². The summed E-state index contributed by atoms with van der Waals surface area (Å²) in [5, 5.41) is 0. The van der Waals surface area contributed by atoms with Gasteiger partial charge in [0.25, 0.3) is 0 Å². The summed E-state index contributed by atoms with van der Waals surface area (Å²) in [6.45, 7) is 6.05. The first-order valence-electron chi connectivity index (χ1n) is 5.16. The lowest BCUT2D eigenvalue weighted by Crippen LogP contribution is -2.28. The molecule has 0 aromatic rings. The molecule has 0 aliphatic rings. The van der Waals surface area contributed by atoms with Gasteiger partial charge in [-0.1, -0.05) is 33.1 Å². The largest absolute Gasteiger partial charge is 0.384 e. The van der Waals surface area contributed by atoms with Gasteiger partial charge < -0.3 is 9.47 Å². The molecule has 0 bridgehead atoms. The van der Waals surface area contributed by atoms with Crippen LogP contribution in [-0.4, -0.2) is 27.4 Å². The highest BCUT2D eigenvalue weighted by molar-refractivity contribution is 4.73. The second kappa shape index (κ2) is 7.34. The zero-order chi connectivity index (χ0) is 10.2. The molecular formula is C11H24O2. The smallest absolute Gasteiger partial charge is 0.0538 e. The van der Waals surface area contributed by atoms with E-state index in [4.69, 9.17) is 9.47 Å². The molecule has 13 heavy (non-hydrogen) atoms. The number of methoxy groups -OCH3 is 2. The zero-order valence-corrected chi connectivity index (χ0v) is 9.56. The molecular weight excluding hydrogens is 164 g/mol. The van der Waals surface area contributed by atoms with Crippen molar-refractivity contribution < 1.29 is 9.47 Å². The Bertz CT molecular complexity index is 107. The van der Waals surface area contributed by atoms with Gasteiger partial charge in [-0.15, -0.1) is 0 Å².